The van der Waals surface area contributed by atoms with Crippen LogP contribution < -0.4 is 0 Å². The van der Waals surface area contributed by atoms with Crippen LogP contribution >= 0.6 is 11.3 Å². The number of thiophene rings is 1. The first-order valence-corrected chi connectivity index (χ1v) is 7.76. The van der Waals surface area contributed by atoms with Crippen LogP contribution in [0.15, 0.2) is 48.4 Å². The molecule has 3 aromatic rings. The van der Waals surface area contributed by atoms with Gasteiger partial charge in [0.2, 0.25) is 0 Å². The van der Waals surface area contributed by atoms with E-state index in [1.807, 2.05) is 31.3 Å². The zero-order valence-electron chi connectivity index (χ0n) is 12.4. The summed E-state index contributed by atoms with van der Waals surface area (Å²) in [5, 5.41) is 6.12. The van der Waals surface area contributed by atoms with Gasteiger partial charge in [0.25, 0.3) is 5.91 Å². The van der Waals surface area contributed by atoms with Gasteiger partial charge in [-0.1, -0.05) is 0 Å². The predicted octanol–water partition coefficient (Wildman–Crippen LogP) is 2.91. The van der Waals surface area contributed by atoms with Gasteiger partial charge in [-0.3, -0.25) is 4.79 Å². The maximum Gasteiger partial charge on any atom is 0.253 e. The predicted molar refractivity (Wildman–Crippen MR) is 86.2 cm³/mol. The minimum absolute atomic E-state index is 0.0120. The molecule has 22 heavy (non-hydrogen) atoms. The summed E-state index contributed by atoms with van der Waals surface area (Å²) >= 11 is 1.68. The van der Waals surface area contributed by atoms with Crippen LogP contribution in [0.25, 0.3) is 5.69 Å². The molecule has 0 spiro atoms. The van der Waals surface area contributed by atoms with Gasteiger partial charge < -0.3 is 4.90 Å². The fourth-order valence-electron chi connectivity index (χ4n) is 2.17. The molecule has 0 aliphatic carbocycles. The maximum atomic E-state index is 12.5. The van der Waals surface area contributed by atoms with Crippen LogP contribution in [-0.2, 0) is 6.54 Å². The van der Waals surface area contributed by atoms with Gasteiger partial charge in [-0.05, 0) is 48.2 Å². The molecule has 0 radical (unpaired) electrons. The SMILES string of the molecule is Cc1ccsc1CN(C)C(=O)c1ccc(-n2cncn2)cc1. The van der Waals surface area contributed by atoms with Gasteiger partial charge in [0.15, 0.2) is 0 Å². The Morgan fingerprint density at radius 3 is 2.64 bits per heavy atom. The van der Waals surface area contributed by atoms with E-state index in [0.717, 1.165) is 5.69 Å². The Labute approximate surface area is 132 Å². The minimum atomic E-state index is 0.0120. The van der Waals surface area contributed by atoms with Crippen LogP contribution in [0.4, 0.5) is 0 Å². The summed E-state index contributed by atoms with van der Waals surface area (Å²) in [6, 6.07) is 9.44. The molecule has 0 saturated heterocycles. The Bertz CT molecular complexity index is 762. The second kappa shape index (κ2) is 6.11. The third-order valence-electron chi connectivity index (χ3n) is 3.49. The first kappa shape index (κ1) is 14.5. The fourth-order valence-corrected chi connectivity index (χ4v) is 3.13. The van der Waals surface area contributed by atoms with E-state index in [0.29, 0.717) is 12.1 Å². The van der Waals surface area contributed by atoms with E-state index in [4.69, 9.17) is 0 Å². The average Bonchev–Trinajstić information content (AvgIpc) is 3.19. The first-order valence-electron chi connectivity index (χ1n) is 6.88. The fraction of sp³-hybridized carbons (Fsp3) is 0.188. The van der Waals surface area contributed by atoms with Gasteiger partial charge in [-0.25, -0.2) is 9.67 Å². The third-order valence-corrected chi connectivity index (χ3v) is 4.50. The number of nitrogens with zero attached hydrogens (tertiary/aromatic N) is 4. The molecule has 0 unspecified atom stereocenters. The quantitative estimate of drug-likeness (QED) is 0.744. The summed E-state index contributed by atoms with van der Waals surface area (Å²) in [5.74, 6) is 0.0120. The number of benzene rings is 1. The number of aromatic nitrogens is 3. The molecule has 0 aliphatic rings. The van der Waals surface area contributed by atoms with Gasteiger partial charge in [-0.2, -0.15) is 5.10 Å². The van der Waals surface area contributed by atoms with E-state index in [1.165, 1.54) is 16.8 Å². The average molecular weight is 312 g/mol. The lowest BCUT2D eigenvalue weighted by Crippen LogP contribution is -2.26. The van der Waals surface area contributed by atoms with E-state index in [1.54, 1.807) is 27.2 Å². The maximum absolute atomic E-state index is 12.5. The van der Waals surface area contributed by atoms with Gasteiger partial charge in [0.05, 0.1) is 12.2 Å². The van der Waals surface area contributed by atoms with E-state index in [9.17, 15) is 4.79 Å². The molecule has 0 aliphatic heterocycles. The molecule has 6 heteroatoms. The van der Waals surface area contributed by atoms with E-state index in [-0.39, 0.29) is 5.91 Å². The molecule has 0 fully saturated rings. The number of amides is 1. The van der Waals surface area contributed by atoms with Crippen LogP contribution in [0.3, 0.4) is 0 Å². The highest BCUT2D eigenvalue weighted by Gasteiger charge is 2.13. The van der Waals surface area contributed by atoms with E-state index in [2.05, 4.69) is 28.5 Å². The lowest BCUT2D eigenvalue weighted by molar-refractivity contribution is 0.0786. The van der Waals surface area contributed by atoms with Crippen molar-refractivity contribution in [3.8, 4) is 5.69 Å². The minimum Gasteiger partial charge on any atom is -0.337 e. The van der Waals surface area contributed by atoms with Crippen LogP contribution in [0.2, 0.25) is 0 Å². The number of carbonyl (C=O) groups excluding carboxylic acids is 1. The monoisotopic (exact) mass is 312 g/mol. The Morgan fingerprint density at radius 1 is 1.27 bits per heavy atom. The summed E-state index contributed by atoms with van der Waals surface area (Å²) in [6.45, 7) is 2.70. The van der Waals surface area contributed by atoms with Gasteiger partial charge in [0, 0.05) is 17.5 Å². The molecule has 0 bridgehead atoms. The van der Waals surface area contributed by atoms with Crippen molar-refractivity contribution < 1.29 is 4.79 Å². The normalized spacial score (nSPS) is 10.6. The molecule has 1 aromatic carbocycles. The van der Waals surface area contributed by atoms with Crippen molar-refractivity contribution in [3.63, 3.8) is 0 Å². The number of hydrogen-bond acceptors (Lipinski definition) is 4. The summed E-state index contributed by atoms with van der Waals surface area (Å²) in [4.78, 5) is 19.3. The smallest absolute Gasteiger partial charge is 0.253 e. The third kappa shape index (κ3) is 2.92. The summed E-state index contributed by atoms with van der Waals surface area (Å²) in [5.41, 5.74) is 2.78. The van der Waals surface area contributed by atoms with Crippen LogP contribution in [0.1, 0.15) is 20.8 Å². The molecule has 5 nitrogen and oxygen atoms in total. The molecular weight excluding hydrogens is 296 g/mol. The van der Waals surface area contributed by atoms with Crippen molar-refractivity contribution in [1.82, 2.24) is 19.7 Å². The van der Waals surface area contributed by atoms with Crippen LogP contribution in [0.5, 0.6) is 0 Å². The van der Waals surface area contributed by atoms with Gasteiger partial charge in [0.1, 0.15) is 12.7 Å². The topological polar surface area (TPSA) is 51.0 Å². The Kier molecular flexibility index (Phi) is 4.02. The number of rotatable bonds is 4. The number of aryl methyl sites for hydroxylation is 1. The molecule has 2 aromatic heterocycles. The largest absolute Gasteiger partial charge is 0.337 e. The second-order valence-corrected chi connectivity index (χ2v) is 6.08. The highest BCUT2D eigenvalue weighted by Crippen LogP contribution is 2.18. The summed E-state index contributed by atoms with van der Waals surface area (Å²) in [7, 11) is 1.83. The second-order valence-electron chi connectivity index (χ2n) is 5.07. The summed E-state index contributed by atoms with van der Waals surface area (Å²) in [6.07, 6.45) is 3.11. The lowest BCUT2D eigenvalue weighted by Gasteiger charge is -2.17. The standard InChI is InChI=1S/C16H16N4OS/c1-12-7-8-22-15(12)9-19(2)16(21)13-3-5-14(6-4-13)20-11-17-10-18-20/h3-8,10-11H,9H2,1-2H3. The number of carbonyl (C=O) groups is 1. The molecular formula is C16H16N4OS. The van der Waals surface area contributed by atoms with Crippen molar-refractivity contribution in [2.24, 2.45) is 0 Å². The summed E-state index contributed by atoms with van der Waals surface area (Å²) < 4.78 is 1.66. The highest BCUT2D eigenvalue weighted by atomic mass is 32.1. The van der Waals surface area contributed by atoms with Gasteiger partial charge in [-0.15, -0.1) is 11.3 Å². The Morgan fingerprint density at radius 2 is 2.05 bits per heavy atom. The lowest BCUT2D eigenvalue weighted by atomic mass is 10.2. The van der Waals surface area contributed by atoms with Crippen LogP contribution in [-0.4, -0.2) is 32.6 Å². The zero-order chi connectivity index (χ0) is 15.5. The highest BCUT2D eigenvalue weighted by molar-refractivity contribution is 7.10. The zero-order valence-corrected chi connectivity index (χ0v) is 13.2. The van der Waals surface area contributed by atoms with Crippen molar-refractivity contribution >= 4 is 17.2 Å². The molecule has 0 atom stereocenters. The van der Waals surface area contributed by atoms with Crippen LogP contribution in [0, 0.1) is 6.92 Å². The molecule has 0 N–H and O–H groups in total. The van der Waals surface area contributed by atoms with E-state index >= 15 is 0 Å². The van der Waals surface area contributed by atoms with Crippen molar-refractivity contribution in [2.75, 3.05) is 7.05 Å². The van der Waals surface area contributed by atoms with Crippen molar-refractivity contribution in [1.29, 1.82) is 0 Å². The molecule has 112 valence electrons. The van der Waals surface area contributed by atoms with Crippen molar-refractivity contribution in [2.45, 2.75) is 13.5 Å². The number of hydrogen-bond donors (Lipinski definition) is 0. The van der Waals surface area contributed by atoms with E-state index < -0.39 is 0 Å². The molecule has 3 rings (SSSR count). The van der Waals surface area contributed by atoms with Crippen molar-refractivity contribution in [3.05, 3.63) is 64.4 Å². The molecule has 2 heterocycles. The Hall–Kier alpha value is -2.47. The van der Waals surface area contributed by atoms with Gasteiger partial charge >= 0.3 is 0 Å². The first-order chi connectivity index (χ1) is 10.6. The molecule has 1 amide bonds. The Balaban J connectivity index is 1.73. The molecule has 0 saturated carbocycles.